The molecule has 1 aliphatic rings. The fourth-order valence-electron chi connectivity index (χ4n) is 2.91. The summed E-state index contributed by atoms with van der Waals surface area (Å²) in [6.07, 6.45) is 4.23. The zero-order valence-electron chi connectivity index (χ0n) is 13.2. The maximum atomic E-state index is 11.8. The number of carbonyl (C=O) groups excluding carboxylic acids is 1. The predicted octanol–water partition coefficient (Wildman–Crippen LogP) is 1.88. The van der Waals surface area contributed by atoms with E-state index in [9.17, 15) is 4.79 Å². The molecule has 0 heterocycles. The third-order valence-electron chi connectivity index (χ3n) is 4.44. The second kappa shape index (κ2) is 6.71. The third kappa shape index (κ3) is 4.46. The number of hydrogen-bond donors (Lipinski definition) is 2. The van der Waals surface area contributed by atoms with Gasteiger partial charge in [0.25, 0.3) is 0 Å². The monoisotopic (exact) mass is 269 g/mol. The standard InChI is InChI=1S/C15H31N3O/c1-6-11(3)18(7-2)12(4)10-15(5,14(16)19)17-13-8-9-13/h11-13,17H,6-10H2,1-5H3,(H2,16,19). The Labute approximate surface area is 118 Å². The summed E-state index contributed by atoms with van der Waals surface area (Å²) in [7, 11) is 0. The van der Waals surface area contributed by atoms with Crippen molar-refractivity contribution in [3.63, 3.8) is 0 Å². The van der Waals surface area contributed by atoms with Gasteiger partial charge in [0, 0.05) is 18.1 Å². The first-order valence-electron chi connectivity index (χ1n) is 7.67. The van der Waals surface area contributed by atoms with Crippen molar-refractivity contribution < 1.29 is 4.79 Å². The molecular weight excluding hydrogens is 238 g/mol. The SMILES string of the molecule is CCC(C)N(CC)C(C)CC(C)(NC1CC1)C(N)=O. The number of rotatable bonds is 9. The average molecular weight is 269 g/mol. The van der Waals surface area contributed by atoms with E-state index in [2.05, 4.69) is 37.9 Å². The zero-order chi connectivity index (χ0) is 14.6. The highest BCUT2D eigenvalue weighted by Crippen LogP contribution is 2.26. The Morgan fingerprint density at radius 3 is 2.32 bits per heavy atom. The smallest absolute Gasteiger partial charge is 0.237 e. The maximum absolute atomic E-state index is 11.8. The molecule has 4 nitrogen and oxygen atoms in total. The molecular formula is C15H31N3O. The molecule has 19 heavy (non-hydrogen) atoms. The molecule has 0 spiro atoms. The highest BCUT2D eigenvalue weighted by molar-refractivity contribution is 5.84. The Morgan fingerprint density at radius 1 is 1.37 bits per heavy atom. The van der Waals surface area contributed by atoms with Gasteiger partial charge in [-0.1, -0.05) is 13.8 Å². The normalized spacial score (nSPS) is 22.0. The lowest BCUT2D eigenvalue weighted by Crippen LogP contribution is -2.57. The molecule has 3 atom stereocenters. The Morgan fingerprint density at radius 2 is 1.95 bits per heavy atom. The van der Waals surface area contributed by atoms with Crippen LogP contribution in [0.5, 0.6) is 0 Å². The number of nitrogens with one attached hydrogen (secondary N) is 1. The first kappa shape index (κ1) is 16.4. The van der Waals surface area contributed by atoms with Crippen LogP contribution in [0.3, 0.4) is 0 Å². The third-order valence-corrected chi connectivity index (χ3v) is 4.44. The van der Waals surface area contributed by atoms with E-state index in [0.29, 0.717) is 18.1 Å². The predicted molar refractivity (Wildman–Crippen MR) is 80.0 cm³/mol. The number of hydrogen-bond acceptors (Lipinski definition) is 3. The fraction of sp³-hybridized carbons (Fsp3) is 0.933. The summed E-state index contributed by atoms with van der Waals surface area (Å²) in [5.41, 5.74) is 5.04. The van der Waals surface area contributed by atoms with E-state index in [1.54, 1.807) is 0 Å². The van der Waals surface area contributed by atoms with E-state index in [0.717, 1.165) is 19.4 Å². The average Bonchev–Trinajstić information content (AvgIpc) is 3.12. The van der Waals surface area contributed by atoms with Gasteiger partial charge in [0.1, 0.15) is 0 Å². The molecule has 0 aromatic carbocycles. The van der Waals surface area contributed by atoms with Gasteiger partial charge in [-0.25, -0.2) is 0 Å². The van der Waals surface area contributed by atoms with Crippen molar-refractivity contribution in [2.75, 3.05) is 6.54 Å². The van der Waals surface area contributed by atoms with Crippen LogP contribution in [-0.4, -0.2) is 41.0 Å². The number of carbonyl (C=O) groups is 1. The van der Waals surface area contributed by atoms with E-state index < -0.39 is 5.54 Å². The van der Waals surface area contributed by atoms with Gasteiger partial charge in [0.05, 0.1) is 5.54 Å². The first-order valence-corrected chi connectivity index (χ1v) is 7.67. The Kier molecular flexibility index (Phi) is 5.81. The van der Waals surface area contributed by atoms with E-state index in [-0.39, 0.29) is 5.91 Å². The van der Waals surface area contributed by atoms with Crippen molar-refractivity contribution >= 4 is 5.91 Å². The van der Waals surface area contributed by atoms with Crippen LogP contribution in [0.15, 0.2) is 0 Å². The minimum absolute atomic E-state index is 0.230. The molecule has 1 amide bonds. The summed E-state index contributed by atoms with van der Waals surface area (Å²) in [6.45, 7) is 11.8. The highest BCUT2D eigenvalue weighted by atomic mass is 16.1. The van der Waals surface area contributed by atoms with Gasteiger partial charge in [0.2, 0.25) is 5.91 Å². The maximum Gasteiger partial charge on any atom is 0.237 e. The number of amides is 1. The van der Waals surface area contributed by atoms with Crippen molar-refractivity contribution in [1.29, 1.82) is 0 Å². The minimum Gasteiger partial charge on any atom is -0.368 e. The van der Waals surface area contributed by atoms with E-state index in [4.69, 9.17) is 5.73 Å². The Hall–Kier alpha value is -0.610. The van der Waals surface area contributed by atoms with Crippen molar-refractivity contribution in [2.24, 2.45) is 5.73 Å². The fourth-order valence-corrected chi connectivity index (χ4v) is 2.91. The first-order chi connectivity index (χ1) is 8.84. The molecule has 0 aromatic rings. The number of nitrogens with two attached hydrogens (primary N) is 1. The molecule has 0 aliphatic heterocycles. The molecule has 1 fully saturated rings. The Bertz CT molecular complexity index is 304. The second-order valence-electron chi connectivity index (χ2n) is 6.26. The van der Waals surface area contributed by atoms with Crippen molar-refractivity contribution in [3.05, 3.63) is 0 Å². The van der Waals surface area contributed by atoms with Crippen LogP contribution in [0.1, 0.15) is 60.3 Å². The van der Waals surface area contributed by atoms with Crippen LogP contribution in [0, 0.1) is 0 Å². The van der Waals surface area contributed by atoms with Gasteiger partial charge < -0.3 is 11.1 Å². The molecule has 3 N–H and O–H groups in total. The largest absolute Gasteiger partial charge is 0.368 e. The summed E-state index contributed by atoms with van der Waals surface area (Å²) >= 11 is 0. The topological polar surface area (TPSA) is 58.4 Å². The summed E-state index contributed by atoms with van der Waals surface area (Å²) in [4.78, 5) is 14.3. The van der Waals surface area contributed by atoms with E-state index in [1.165, 1.54) is 12.8 Å². The molecule has 1 rings (SSSR count). The van der Waals surface area contributed by atoms with Gasteiger partial charge in [-0.2, -0.15) is 0 Å². The van der Waals surface area contributed by atoms with Gasteiger partial charge in [-0.3, -0.25) is 9.69 Å². The zero-order valence-corrected chi connectivity index (χ0v) is 13.2. The summed E-state index contributed by atoms with van der Waals surface area (Å²) < 4.78 is 0. The van der Waals surface area contributed by atoms with Gasteiger partial charge >= 0.3 is 0 Å². The molecule has 0 aromatic heterocycles. The number of primary amides is 1. The molecule has 112 valence electrons. The van der Waals surface area contributed by atoms with Crippen LogP contribution in [-0.2, 0) is 4.79 Å². The second-order valence-corrected chi connectivity index (χ2v) is 6.26. The quantitative estimate of drug-likeness (QED) is 0.672. The number of nitrogens with zero attached hydrogens (tertiary/aromatic N) is 1. The van der Waals surface area contributed by atoms with Gasteiger partial charge in [-0.05, 0) is 53.0 Å². The van der Waals surface area contributed by atoms with Crippen LogP contribution in [0.4, 0.5) is 0 Å². The van der Waals surface area contributed by atoms with Crippen molar-refractivity contribution in [2.45, 2.75) is 84.0 Å². The molecule has 1 aliphatic carbocycles. The van der Waals surface area contributed by atoms with Crippen LogP contribution < -0.4 is 11.1 Å². The molecule has 0 radical (unpaired) electrons. The molecule has 4 heteroatoms. The lowest BCUT2D eigenvalue weighted by Gasteiger charge is -2.38. The van der Waals surface area contributed by atoms with Crippen LogP contribution >= 0.6 is 0 Å². The molecule has 0 saturated heterocycles. The summed E-state index contributed by atoms with van der Waals surface area (Å²) in [6, 6.07) is 1.38. The molecule has 0 bridgehead atoms. The summed E-state index contributed by atoms with van der Waals surface area (Å²) in [5, 5.41) is 3.43. The van der Waals surface area contributed by atoms with E-state index >= 15 is 0 Å². The Balaban J connectivity index is 2.68. The minimum atomic E-state index is -0.582. The van der Waals surface area contributed by atoms with E-state index in [1.807, 2.05) is 6.92 Å². The lowest BCUT2D eigenvalue weighted by atomic mass is 9.91. The summed E-state index contributed by atoms with van der Waals surface area (Å²) in [5.74, 6) is -0.230. The van der Waals surface area contributed by atoms with Crippen molar-refractivity contribution in [3.8, 4) is 0 Å². The van der Waals surface area contributed by atoms with Gasteiger partial charge in [0.15, 0.2) is 0 Å². The molecule has 1 saturated carbocycles. The van der Waals surface area contributed by atoms with Crippen LogP contribution in [0.25, 0.3) is 0 Å². The molecule has 3 unspecified atom stereocenters. The highest BCUT2D eigenvalue weighted by Gasteiger charge is 2.39. The van der Waals surface area contributed by atoms with Gasteiger partial charge in [-0.15, -0.1) is 0 Å². The lowest BCUT2D eigenvalue weighted by molar-refractivity contribution is -0.124. The van der Waals surface area contributed by atoms with Crippen molar-refractivity contribution in [1.82, 2.24) is 10.2 Å². The van der Waals surface area contributed by atoms with Crippen LogP contribution in [0.2, 0.25) is 0 Å².